The average molecular weight is 296 g/mol. The molecule has 0 spiro atoms. The molecule has 0 aliphatic rings. The number of ether oxygens (including phenoxy) is 3. The number of amides is 1. The molecule has 0 radical (unpaired) electrons. The van der Waals surface area contributed by atoms with Gasteiger partial charge < -0.3 is 25.3 Å². The van der Waals surface area contributed by atoms with Gasteiger partial charge in [0, 0.05) is 6.07 Å². The van der Waals surface area contributed by atoms with E-state index in [1.165, 1.54) is 0 Å². The van der Waals surface area contributed by atoms with Gasteiger partial charge in [-0.15, -0.1) is 0 Å². The minimum Gasteiger partial charge on any atom is -0.497 e. The van der Waals surface area contributed by atoms with Crippen LogP contribution < -0.4 is 15.8 Å². The summed E-state index contributed by atoms with van der Waals surface area (Å²) < 4.78 is 15.7. The molecule has 1 rings (SSSR count). The molecule has 1 amide bonds. The fourth-order valence-electron chi connectivity index (χ4n) is 1.60. The number of rotatable bonds is 9. The van der Waals surface area contributed by atoms with Crippen LogP contribution in [-0.2, 0) is 14.3 Å². The third-order valence-corrected chi connectivity index (χ3v) is 2.69. The largest absolute Gasteiger partial charge is 0.497 e. The maximum Gasteiger partial charge on any atom is 0.226 e. The second kappa shape index (κ2) is 9.20. The van der Waals surface area contributed by atoms with E-state index in [-0.39, 0.29) is 18.4 Å². The molecule has 1 aromatic carbocycles. The highest BCUT2D eigenvalue weighted by Crippen LogP contribution is 2.23. The second-order valence-corrected chi connectivity index (χ2v) is 4.78. The summed E-state index contributed by atoms with van der Waals surface area (Å²) >= 11 is 0. The van der Waals surface area contributed by atoms with Crippen molar-refractivity contribution in [3.05, 3.63) is 18.2 Å². The number of nitrogen functional groups attached to an aromatic ring is 1. The number of carbonyl (C=O) groups excluding carboxylic acids is 1. The Morgan fingerprint density at radius 3 is 2.67 bits per heavy atom. The maximum absolute atomic E-state index is 11.8. The third kappa shape index (κ3) is 6.97. The van der Waals surface area contributed by atoms with Crippen LogP contribution in [0.3, 0.4) is 0 Å². The van der Waals surface area contributed by atoms with Gasteiger partial charge in [0.2, 0.25) is 5.91 Å². The number of anilines is 2. The molecular formula is C15H24N2O4. The average Bonchev–Trinajstić information content (AvgIpc) is 2.44. The number of benzene rings is 1. The molecule has 3 N–H and O–H groups in total. The smallest absolute Gasteiger partial charge is 0.226 e. The van der Waals surface area contributed by atoms with Crippen molar-refractivity contribution < 1.29 is 19.0 Å². The standard InChI is InChI=1S/C15H24N2O4/c1-11(2)21-9-8-20-7-6-15(18)17-14-5-4-12(19-3)10-13(14)16/h4-5,10-11H,6-9,16H2,1-3H3,(H,17,18). The minimum absolute atomic E-state index is 0.142. The lowest BCUT2D eigenvalue weighted by Crippen LogP contribution is -2.16. The Labute approximate surface area is 125 Å². The van der Waals surface area contributed by atoms with E-state index in [0.29, 0.717) is 36.9 Å². The topological polar surface area (TPSA) is 82.8 Å². The minimum atomic E-state index is -0.142. The molecule has 118 valence electrons. The maximum atomic E-state index is 11.8. The highest BCUT2D eigenvalue weighted by Gasteiger charge is 2.06. The van der Waals surface area contributed by atoms with Crippen molar-refractivity contribution in [2.75, 3.05) is 38.0 Å². The number of hydrogen-bond acceptors (Lipinski definition) is 5. The molecule has 0 saturated carbocycles. The van der Waals surface area contributed by atoms with Gasteiger partial charge in [0.15, 0.2) is 0 Å². The van der Waals surface area contributed by atoms with E-state index in [0.717, 1.165) is 0 Å². The van der Waals surface area contributed by atoms with Crippen molar-refractivity contribution in [1.29, 1.82) is 0 Å². The van der Waals surface area contributed by atoms with Gasteiger partial charge in [0.05, 0.1) is 50.8 Å². The fourth-order valence-corrected chi connectivity index (χ4v) is 1.60. The van der Waals surface area contributed by atoms with Gasteiger partial charge in [0.1, 0.15) is 5.75 Å². The number of nitrogens with one attached hydrogen (secondary N) is 1. The van der Waals surface area contributed by atoms with Gasteiger partial charge in [-0.1, -0.05) is 0 Å². The Bertz CT molecular complexity index is 449. The monoisotopic (exact) mass is 296 g/mol. The highest BCUT2D eigenvalue weighted by atomic mass is 16.5. The molecule has 0 aliphatic carbocycles. The Hall–Kier alpha value is -1.79. The Kier molecular flexibility index (Phi) is 7.56. The SMILES string of the molecule is COc1ccc(NC(=O)CCOCCOC(C)C)c(N)c1. The fraction of sp³-hybridized carbons (Fsp3) is 0.533. The molecule has 0 heterocycles. The first-order valence-corrected chi connectivity index (χ1v) is 6.95. The van der Waals surface area contributed by atoms with Gasteiger partial charge >= 0.3 is 0 Å². The van der Waals surface area contributed by atoms with Crippen LogP contribution in [0.2, 0.25) is 0 Å². The van der Waals surface area contributed by atoms with Crippen molar-refractivity contribution in [2.45, 2.75) is 26.4 Å². The van der Waals surface area contributed by atoms with Crippen molar-refractivity contribution in [1.82, 2.24) is 0 Å². The molecule has 0 aliphatic heterocycles. The molecule has 0 saturated heterocycles. The molecule has 0 bridgehead atoms. The Morgan fingerprint density at radius 1 is 1.29 bits per heavy atom. The van der Waals surface area contributed by atoms with Crippen molar-refractivity contribution in [2.24, 2.45) is 0 Å². The zero-order valence-corrected chi connectivity index (χ0v) is 12.8. The zero-order valence-electron chi connectivity index (χ0n) is 12.8. The Morgan fingerprint density at radius 2 is 2.05 bits per heavy atom. The van der Waals surface area contributed by atoms with Crippen LogP contribution in [0.25, 0.3) is 0 Å². The summed E-state index contributed by atoms with van der Waals surface area (Å²) in [5.41, 5.74) is 6.87. The Balaban J connectivity index is 2.24. The lowest BCUT2D eigenvalue weighted by molar-refractivity contribution is -0.117. The summed E-state index contributed by atoms with van der Waals surface area (Å²) in [4.78, 5) is 11.8. The van der Waals surface area contributed by atoms with Crippen LogP contribution in [0, 0.1) is 0 Å². The lowest BCUT2D eigenvalue weighted by atomic mass is 10.2. The number of methoxy groups -OCH3 is 1. The number of hydrogen-bond donors (Lipinski definition) is 2. The molecule has 1 aromatic rings. The molecule has 6 nitrogen and oxygen atoms in total. The second-order valence-electron chi connectivity index (χ2n) is 4.78. The van der Waals surface area contributed by atoms with E-state index in [1.54, 1.807) is 25.3 Å². The van der Waals surface area contributed by atoms with Crippen molar-refractivity contribution in [3.63, 3.8) is 0 Å². The van der Waals surface area contributed by atoms with Gasteiger partial charge in [0.25, 0.3) is 0 Å². The third-order valence-electron chi connectivity index (χ3n) is 2.69. The van der Waals surface area contributed by atoms with E-state index in [1.807, 2.05) is 13.8 Å². The van der Waals surface area contributed by atoms with Gasteiger partial charge in [-0.3, -0.25) is 4.79 Å². The molecule has 0 aromatic heterocycles. The summed E-state index contributed by atoms with van der Waals surface area (Å²) in [5, 5.41) is 2.74. The quantitative estimate of drug-likeness (QED) is 0.538. The van der Waals surface area contributed by atoms with Crippen LogP contribution >= 0.6 is 0 Å². The van der Waals surface area contributed by atoms with Crippen molar-refractivity contribution >= 4 is 17.3 Å². The lowest BCUT2D eigenvalue weighted by Gasteiger charge is -2.10. The zero-order chi connectivity index (χ0) is 15.7. The van der Waals surface area contributed by atoms with E-state index in [4.69, 9.17) is 19.9 Å². The van der Waals surface area contributed by atoms with E-state index in [2.05, 4.69) is 5.32 Å². The van der Waals surface area contributed by atoms with Crippen LogP contribution in [-0.4, -0.2) is 38.9 Å². The molecule has 21 heavy (non-hydrogen) atoms. The predicted molar refractivity (Wildman–Crippen MR) is 82.6 cm³/mol. The highest BCUT2D eigenvalue weighted by molar-refractivity contribution is 5.94. The van der Waals surface area contributed by atoms with Crippen LogP contribution in [0.15, 0.2) is 18.2 Å². The first kappa shape index (κ1) is 17.3. The molecule has 0 fully saturated rings. The first-order valence-electron chi connectivity index (χ1n) is 6.95. The summed E-state index contributed by atoms with van der Waals surface area (Å²) in [6, 6.07) is 5.12. The van der Waals surface area contributed by atoms with Gasteiger partial charge in [-0.05, 0) is 26.0 Å². The van der Waals surface area contributed by atoms with Gasteiger partial charge in [-0.25, -0.2) is 0 Å². The molecule has 0 atom stereocenters. The van der Waals surface area contributed by atoms with E-state index >= 15 is 0 Å². The molecular weight excluding hydrogens is 272 g/mol. The van der Waals surface area contributed by atoms with E-state index in [9.17, 15) is 4.79 Å². The normalized spacial score (nSPS) is 10.7. The van der Waals surface area contributed by atoms with Crippen LogP contribution in [0.4, 0.5) is 11.4 Å². The van der Waals surface area contributed by atoms with Gasteiger partial charge in [-0.2, -0.15) is 0 Å². The molecule has 6 heteroatoms. The van der Waals surface area contributed by atoms with E-state index < -0.39 is 0 Å². The summed E-state index contributed by atoms with van der Waals surface area (Å²) in [6.07, 6.45) is 0.461. The van der Waals surface area contributed by atoms with Crippen LogP contribution in [0.1, 0.15) is 20.3 Å². The van der Waals surface area contributed by atoms with Crippen LogP contribution in [0.5, 0.6) is 5.75 Å². The summed E-state index contributed by atoms with van der Waals surface area (Å²) in [6.45, 7) is 5.30. The molecule has 0 unspecified atom stereocenters. The van der Waals surface area contributed by atoms with Crippen molar-refractivity contribution in [3.8, 4) is 5.75 Å². The summed E-state index contributed by atoms with van der Waals surface area (Å²) in [5.74, 6) is 0.510. The predicted octanol–water partition coefficient (Wildman–Crippen LogP) is 2.05. The number of carbonyl (C=O) groups is 1. The number of nitrogens with two attached hydrogens (primary N) is 1. The summed E-state index contributed by atoms with van der Waals surface area (Å²) in [7, 11) is 1.56. The first-order chi connectivity index (χ1) is 10.0.